The Morgan fingerprint density at radius 1 is 0.906 bits per heavy atom. The number of fused-ring (bicyclic) bond motifs is 7. The van der Waals surface area contributed by atoms with Gasteiger partial charge in [-0.3, -0.25) is 4.79 Å². The van der Waals surface area contributed by atoms with Crippen molar-refractivity contribution in [2.24, 2.45) is 50.7 Å². The first-order valence-corrected chi connectivity index (χ1v) is 13.4. The van der Waals surface area contributed by atoms with E-state index < -0.39 is 11.4 Å². The smallest absolute Gasteiger partial charge is 0.309 e. The molecule has 5 rings (SSSR count). The third-order valence-corrected chi connectivity index (χ3v) is 12.5. The number of rotatable bonds is 1. The van der Waals surface area contributed by atoms with E-state index in [1.54, 1.807) is 5.57 Å². The van der Waals surface area contributed by atoms with Crippen LogP contribution in [0.25, 0.3) is 0 Å². The van der Waals surface area contributed by atoms with Crippen molar-refractivity contribution in [3.8, 4) is 0 Å². The van der Waals surface area contributed by atoms with Crippen LogP contribution in [0, 0.1) is 50.7 Å². The second-order valence-corrected chi connectivity index (χ2v) is 14.3. The van der Waals surface area contributed by atoms with Gasteiger partial charge in [-0.2, -0.15) is 0 Å². The Morgan fingerprint density at radius 2 is 1.59 bits per heavy atom. The molecule has 0 heterocycles. The summed E-state index contributed by atoms with van der Waals surface area (Å²) in [6, 6.07) is 0. The normalized spacial score (nSPS) is 54.3. The van der Waals surface area contributed by atoms with Gasteiger partial charge in [0.1, 0.15) is 0 Å². The highest BCUT2D eigenvalue weighted by Gasteiger charge is 2.64. The Balaban J connectivity index is 1.52. The Bertz CT molecular complexity index is 843. The summed E-state index contributed by atoms with van der Waals surface area (Å²) >= 11 is 0. The third-order valence-electron chi connectivity index (χ3n) is 12.5. The number of carboxylic acid groups (broad SMARTS) is 1. The van der Waals surface area contributed by atoms with Crippen LogP contribution in [-0.2, 0) is 4.79 Å². The molecule has 0 aromatic heterocycles. The average Bonchev–Trinajstić information content (AvgIpc) is 2.72. The molecular formula is C29H46O3. The van der Waals surface area contributed by atoms with Crippen LogP contribution in [0.15, 0.2) is 11.6 Å². The largest absolute Gasteiger partial charge is 0.481 e. The molecule has 0 bridgehead atoms. The van der Waals surface area contributed by atoms with Crippen LogP contribution in [0.2, 0.25) is 0 Å². The fourth-order valence-corrected chi connectivity index (χ4v) is 10.1. The van der Waals surface area contributed by atoms with E-state index in [4.69, 9.17) is 0 Å². The van der Waals surface area contributed by atoms with Crippen LogP contribution in [0.3, 0.4) is 0 Å². The monoisotopic (exact) mass is 442 g/mol. The molecule has 0 aliphatic heterocycles. The van der Waals surface area contributed by atoms with Gasteiger partial charge in [0.2, 0.25) is 0 Å². The molecule has 0 amide bonds. The van der Waals surface area contributed by atoms with Gasteiger partial charge >= 0.3 is 5.97 Å². The highest BCUT2D eigenvalue weighted by Crippen LogP contribution is 2.71. The number of hydrogen-bond donors (Lipinski definition) is 2. The second kappa shape index (κ2) is 6.86. The van der Waals surface area contributed by atoms with E-state index in [1.165, 1.54) is 25.7 Å². The van der Waals surface area contributed by atoms with Crippen LogP contribution in [0.1, 0.15) is 106 Å². The number of allylic oxidation sites excluding steroid dienone is 2. The topological polar surface area (TPSA) is 57.5 Å². The van der Waals surface area contributed by atoms with E-state index in [1.807, 2.05) is 6.92 Å². The van der Waals surface area contributed by atoms with Crippen molar-refractivity contribution in [2.45, 2.75) is 112 Å². The molecule has 0 radical (unpaired) electrons. The Kier molecular flexibility index (Phi) is 4.92. The Morgan fingerprint density at radius 3 is 2.28 bits per heavy atom. The van der Waals surface area contributed by atoms with E-state index in [2.05, 4.69) is 40.7 Å². The molecule has 3 heteroatoms. The maximum Gasteiger partial charge on any atom is 0.309 e. The van der Waals surface area contributed by atoms with Gasteiger partial charge in [0.15, 0.2) is 0 Å². The van der Waals surface area contributed by atoms with Crippen molar-refractivity contribution in [1.29, 1.82) is 0 Å². The van der Waals surface area contributed by atoms with Crippen LogP contribution in [-0.4, -0.2) is 22.3 Å². The fraction of sp³-hybridized carbons (Fsp3) is 0.897. The van der Waals surface area contributed by atoms with Crippen LogP contribution in [0.5, 0.6) is 0 Å². The second-order valence-electron chi connectivity index (χ2n) is 14.3. The lowest BCUT2D eigenvalue weighted by molar-refractivity contribution is -0.172. The molecule has 4 saturated carbocycles. The minimum atomic E-state index is -0.600. The molecule has 4 fully saturated rings. The first kappa shape index (κ1) is 22.9. The summed E-state index contributed by atoms with van der Waals surface area (Å²) in [5.74, 6) is 1.82. The molecule has 2 N–H and O–H groups in total. The molecule has 0 aromatic rings. The summed E-state index contributed by atoms with van der Waals surface area (Å²) in [4.78, 5) is 12.2. The Hall–Kier alpha value is -0.830. The summed E-state index contributed by atoms with van der Waals surface area (Å²) in [5.41, 5.74) is 1.85. The summed E-state index contributed by atoms with van der Waals surface area (Å²) in [6.45, 7) is 14.2. The summed E-state index contributed by atoms with van der Waals surface area (Å²) in [6.07, 6.45) is 13.4. The maximum absolute atomic E-state index is 12.2. The van der Waals surface area contributed by atoms with Crippen molar-refractivity contribution in [1.82, 2.24) is 0 Å². The van der Waals surface area contributed by atoms with Gasteiger partial charge in [-0.25, -0.2) is 0 Å². The average molecular weight is 443 g/mol. The standard InChI is InChI=1S/C29H46O3/c1-25(2)22-10-9-18-19(29(22,6)12-11-23(25)30)7-8-20-21-17-27(4,24(31)32)14-13-26(21,3)15-16-28(18,20)5/h8,18-19,21-23,30H,7,9-17H2,1-6H3,(H,31,32)/t18-,19+,21+,22+,23+,26-,27-,28+,29-/m1/s1. The van der Waals surface area contributed by atoms with Gasteiger partial charge in [0.25, 0.3) is 0 Å². The molecule has 0 saturated heterocycles. The molecule has 5 aliphatic carbocycles. The van der Waals surface area contributed by atoms with Crippen LogP contribution < -0.4 is 0 Å². The molecule has 0 aromatic carbocycles. The van der Waals surface area contributed by atoms with Crippen molar-refractivity contribution in [3.63, 3.8) is 0 Å². The molecule has 0 unspecified atom stereocenters. The van der Waals surface area contributed by atoms with Crippen molar-refractivity contribution < 1.29 is 15.0 Å². The molecule has 5 aliphatic rings. The number of aliphatic hydroxyl groups is 1. The third kappa shape index (κ3) is 2.85. The predicted octanol–water partition coefficient (Wildman–Crippen LogP) is 6.84. The minimum absolute atomic E-state index is 0.000669. The fourth-order valence-electron chi connectivity index (χ4n) is 10.1. The quantitative estimate of drug-likeness (QED) is 0.437. The lowest BCUT2D eigenvalue weighted by Gasteiger charge is -2.67. The molecule has 3 nitrogen and oxygen atoms in total. The highest BCUT2D eigenvalue weighted by atomic mass is 16.4. The van der Waals surface area contributed by atoms with E-state index in [0.717, 1.165) is 38.5 Å². The summed E-state index contributed by atoms with van der Waals surface area (Å²) in [5, 5.41) is 20.8. The first-order chi connectivity index (χ1) is 14.8. The zero-order valence-electron chi connectivity index (χ0n) is 21.3. The van der Waals surface area contributed by atoms with E-state index in [9.17, 15) is 15.0 Å². The first-order valence-electron chi connectivity index (χ1n) is 13.4. The van der Waals surface area contributed by atoms with Gasteiger partial charge < -0.3 is 10.2 Å². The van der Waals surface area contributed by atoms with Gasteiger partial charge in [-0.1, -0.05) is 46.3 Å². The van der Waals surface area contributed by atoms with E-state index in [-0.39, 0.29) is 22.3 Å². The summed E-state index contributed by atoms with van der Waals surface area (Å²) < 4.78 is 0. The highest BCUT2D eigenvalue weighted by molar-refractivity contribution is 5.74. The zero-order chi connectivity index (χ0) is 23.3. The Labute approximate surface area is 195 Å². The van der Waals surface area contributed by atoms with E-state index >= 15 is 0 Å². The predicted molar refractivity (Wildman–Crippen MR) is 128 cm³/mol. The number of aliphatic carboxylic acids is 1. The zero-order valence-corrected chi connectivity index (χ0v) is 21.3. The SMILES string of the molecule is CC1(C)[C@@H](O)CC[C@]2(C)[C@H]3CC=C4[C@@H]5C[C@](C)(C(=O)O)CC[C@]5(C)CC[C@@]4(C)[C@@H]3CC[C@@H]12. The molecule has 32 heavy (non-hydrogen) atoms. The number of aliphatic hydroxyl groups excluding tert-OH is 1. The summed E-state index contributed by atoms with van der Waals surface area (Å²) in [7, 11) is 0. The lowest BCUT2D eigenvalue weighted by atomic mass is 9.38. The molecular weight excluding hydrogens is 396 g/mol. The van der Waals surface area contributed by atoms with Crippen molar-refractivity contribution >= 4 is 5.97 Å². The van der Waals surface area contributed by atoms with Crippen LogP contribution >= 0.6 is 0 Å². The molecule has 180 valence electrons. The van der Waals surface area contributed by atoms with Gasteiger partial charge in [-0.15, -0.1) is 0 Å². The van der Waals surface area contributed by atoms with Crippen molar-refractivity contribution in [3.05, 3.63) is 11.6 Å². The lowest BCUT2D eigenvalue weighted by Crippen LogP contribution is -2.60. The number of carboxylic acids is 1. The molecule has 9 atom stereocenters. The van der Waals surface area contributed by atoms with Crippen LogP contribution in [0.4, 0.5) is 0 Å². The van der Waals surface area contributed by atoms with Gasteiger partial charge in [0, 0.05) is 0 Å². The maximum atomic E-state index is 12.2. The van der Waals surface area contributed by atoms with Gasteiger partial charge in [0.05, 0.1) is 11.5 Å². The van der Waals surface area contributed by atoms with E-state index in [0.29, 0.717) is 29.1 Å². The van der Waals surface area contributed by atoms with Gasteiger partial charge in [-0.05, 0) is 116 Å². The number of carbonyl (C=O) groups is 1. The molecule has 0 spiro atoms. The number of hydrogen-bond acceptors (Lipinski definition) is 2. The minimum Gasteiger partial charge on any atom is -0.481 e. The van der Waals surface area contributed by atoms with Crippen molar-refractivity contribution in [2.75, 3.05) is 0 Å².